The first-order chi connectivity index (χ1) is 25.0. The Morgan fingerprint density at radius 1 is 0.904 bits per heavy atom. The van der Waals surface area contributed by atoms with Crippen LogP contribution in [0.25, 0.3) is 0 Å². The minimum Gasteiger partial charge on any atom is -0.480 e. The van der Waals surface area contributed by atoms with E-state index < -0.39 is 88.7 Å². The predicted molar refractivity (Wildman–Crippen MR) is 178 cm³/mol. The van der Waals surface area contributed by atoms with Gasteiger partial charge in [-0.1, -0.05) is 10.3 Å². The molecule has 0 aromatic carbocycles. The summed E-state index contributed by atoms with van der Waals surface area (Å²) < 4.78 is 10.4. The summed E-state index contributed by atoms with van der Waals surface area (Å²) in [6.07, 6.45) is 2.51. The molecule has 0 unspecified atom stereocenters. The molecule has 6 N–H and O–H groups in total. The normalized spacial score (nSPS) is 21.2. The molecule has 4 amide bonds. The molecule has 22 heteroatoms. The number of furan rings is 2. The maximum absolute atomic E-state index is 14.6. The smallest absolute Gasteiger partial charge is 0.352 e. The molecule has 276 valence electrons. The number of carbonyl (C=O) groups excluding carboxylic acids is 4. The minimum atomic E-state index is -2.03. The molecule has 0 bridgehead atoms. The standard InChI is InChI=1S/C30H30N6O14S2/c1-47-33-17(15-5-3-7-49-15)23(39)31-19-25(41)35-21(13(9-37)11-51-27(19)35)26(42)36-22(30(45)46)14(10-38)12-52-28(36)20(29(43)44)32-24(40)18(34-48-2)16-6-4-8-50-16/h3-8,19-20,27-28,37-38H,9-12H2,1-2H3,(H,31,39)(H,32,40)(H,43,44)(H,45,46)/b33-17-,34-18-/t19-,20+,27-,28-/m1/s1. The number of aliphatic hydroxyl groups excluding tert-OH is 2. The van der Waals surface area contributed by atoms with Crippen LogP contribution in [0, 0.1) is 0 Å². The zero-order chi connectivity index (χ0) is 37.7. The second kappa shape index (κ2) is 16.2. The van der Waals surface area contributed by atoms with Crippen molar-refractivity contribution in [3.05, 3.63) is 70.9 Å². The molecule has 0 radical (unpaired) electrons. The Morgan fingerprint density at radius 3 is 1.96 bits per heavy atom. The molecule has 0 aliphatic carbocycles. The van der Waals surface area contributed by atoms with Gasteiger partial charge in [-0.05, 0) is 35.4 Å². The lowest BCUT2D eigenvalue weighted by Gasteiger charge is -2.51. The number of carboxylic acids is 2. The van der Waals surface area contributed by atoms with E-state index in [-0.39, 0.29) is 39.9 Å². The Kier molecular flexibility index (Phi) is 11.7. The second-order valence-corrected chi connectivity index (χ2v) is 13.0. The van der Waals surface area contributed by atoms with Crippen molar-refractivity contribution in [1.29, 1.82) is 0 Å². The summed E-state index contributed by atoms with van der Waals surface area (Å²) in [6.45, 7) is -1.62. The number of nitrogens with zero attached hydrogens (tertiary/aromatic N) is 4. The number of fused-ring (bicyclic) bond motifs is 1. The van der Waals surface area contributed by atoms with Crippen LogP contribution in [0.4, 0.5) is 0 Å². The molecular weight excluding hydrogens is 732 g/mol. The summed E-state index contributed by atoms with van der Waals surface area (Å²) in [4.78, 5) is 91.2. The van der Waals surface area contributed by atoms with Crippen molar-refractivity contribution in [2.24, 2.45) is 10.3 Å². The number of hydrogen-bond acceptors (Lipinski definition) is 16. The van der Waals surface area contributed by atoms with Gasteiger partial charge in [0.05, 0.1) is 25.7 Å². The Hall–Kier alpha value is -5.58. The van der Waals surface area contributed by atoms with Gasteiger partial charge in [-0.25, -0.2) is 9.59 Å². The fourth-order valence-electron chi connectivity index (χ4n) is 5.46. The van der Waals surface area contributed by atoms with E-state index in [1.807, 2.05) is 0 Å². The minimum absolute atomic E-state index is 0.0190. The number of hydrogen-bond donors (Lipinski definition) is 6. The van der Waals surface area contributed by atoms with Gasteiger partial charge in [0.25, 0.3) is 23.6 Å². The van der Waals surface area contributed by atoms with Gasteiger partial charge in [0.2, 0.25) is 11.4 Å². The first kappa shape index (κ1) is 37.7. The van der Waals surface area contributed by atoms with Gasteiger partial charge in [-0.15, -0.1) is 23.5 Å². The summed E-state index contributed by atoms with van der Waals surface area (Å²) in [5.74, 6) is -7.89. The van der Waals surface area contributed by atoms with Crippen molar-refractivity contribution >= 4 is 70.5 Å². The van der Waals surface area contributed by atoms with E-state index in [9.17, 15) is 49.2 Å². The highest BCUT2D eigenvalue weighted by atomic mass is 32.2. The number of oxime groups is 2. The van der Waals surface area contributed by atoms with E-state index >= 15 is 0 Å². The largest absolute Gasteiger partial charge is 0.480 e. The third-order valence-electron chi connectivity index (χ3n) is 7.74. The number of aliphatic hydroxyl groups is 2. The first-order valence-electron chi connectivity index (χ1n) is 14.9. The van der Waals surface area contributed by atoms with E-state index in [0.29, 0.717) is 16.7 Å². The molecule has 4 atom stereocenters. The maximum atomic E-state index is 14.6. The van der Waals surface area contributed by atoms with Gasteiger partial charge >= 0.3 is 11.9 Å². The van der Waals surface area contributed by atoms with E-state index in [1.54, 1.807) is 0 Å². The first-order valence-corrected chi connectivity index (χ1v) is 17.0. The Labute approximate surface area is 301 Å². The van der Waals surface area contributed by atoms with Gasteiger partial charge in [-0.2, -0.15) is 0 Å². The molecule has 2 aromatic heterocycles. The lowest BCUT2D eigenvalue weighted by atomic mass is 10.0. The fourth-order valence-corrected chi connectivity index (χ4v) is 8.12. The molecular formula is C30H30N6O14S2. The van der Waals surface area contributed by atoms with E-state index in [1.165, 1.54) is 43.9 Å². The van der Waals surface area contributed by atoms with E-state index in [0.717, 1.165) is 23.8 Å². The summed E-state index contributed by atoms with van der Waals surface area (Å²) in [5, 5.41) is 50.4. The number of thioether (sulfide) groups is 2. The van der Waals surface area contributed by atoms with Gasteiger partial charge in [0.15, 0.2) is 17.6 Å². The summed E-state index contributed by atoms with van der Waals surface area (Å²) in [7, 11) is 2.32. The van der Waals surface area contributed by atoms with Gasteiger partial charge in [0.1, 0.15) is 42.4 Å². The van der Waals surface area contributed by atoms with Crippen molar-refractivity contribution in [2.45, 2.75) is 22.8 Å². The topological polar surface area (TPSA) is 283 Å². The molecule has 2 aromatic rings. The summed E-state index contributed by atoms with van der Waals surface area (Å²) in [5.41, 5.74) is -2.25. The quantitative estimate of drug-likeness (QED) is 0.0743. The van der Waals surface area contributed by atoms with Crippen molar-refractivity contribution in [3.8, 4) is 0 Å². The number of rotatable bonds is 14. The van der Waals surface area contributed by atoms with Crippen LogP contribution in [0.2, 0.25) is 0 Å². The highest BCUT2D eigenvalue weighted by Crippen LogP contribution is 2.43. The van der Waals surface area contributed by atoms with E-state index in [2.05, 4.69) is 20.9 Å². The third-order valence-corrected chi connectivity index (χ3v) is 10.4. The Balaban J connectivity index is 1.50. The monoisotopic (exact) mass is 762 g/mol. The number of nitrogens with one attached hydrogen (secondary N) is 2. The number of carboxylic acid groups (broad SMARTS) is 2. The van der Waals surface area contributed by atoms with Gasteiger partial charge in [0, 0.05) is 11.5 Å². The van der Waals surface area contributed by atoms with Crippen molar-refractivity contribution in [3.63, 3.8) is 0 Å². The number of carbonyl (C=O) groups is 6. The lowest BCUT2D eigenvalue weighted by molar-refractivity contribution is -0.150. The van der Waals surface area contributed by atoms with E-state index in [4.69, 9.17) is 18.5 Å². The molecule has 3 aliphatic rings. The number of aliphatic carboxylic acids is 2. The predicted octanol–water partition coefficient (Wildman–Crippen LogP) is -1.28. The summed E-state index contributed by atoms with van der Waals surface area (Å²) >= 11 is 1.79. The molecule has 5 heterocycles. The molecule has 5 rings (SSSR count). The molecule has 20 nitrogen and oxygen atoms in total. The van der Waals surface area contributed by atoms with Gasteiger partial charge in [-0.3, -0.25) is 29.0 Å². The molecule has 1 saturated heterocycles. The maximum Gasteiger partial charge on any atom is 0.352 e. The van der Waals surface area contributed by atoms with Crippen molar-refractivity contribution < 1.29 is 67.7 Å². The number of β-lactam (4-membered cyclic amide) rings is 1. The second-order valence-electron chi connectivity index (χ2n) is 10.8. The van der Waals surface area contributed by atoms with Crippen LogP contribution in [0.5, 0.6) is 0 Å². The SMILES string of the molecule is CO/N=C(\C(=O)N[C@H](C(=O)O)[C@H]1SCC(CO)=C(C(=O)O)N1C(=O)C1=C(CO)CS[C@@H]2[C@H](NC(=O)/C(=N\OC)c3ccco3)C(=O)N12)c1ccco1. The fraction of sp³-hybridized carbons (Fsp3) is 0.333. The highest BCUT2D eigenvalue weighted by molar-refractivity contribution is 8.00. The van der Waals surface area contributed by atoms with Gasteiger partial charge < -0.3 is 49.6 Å². The molecule has 1 fully saturated rings. The van der Waals surface area contributed by atoms with Crippen LogP contribution in [0.1, 0.15) is 11.5 Å². The van der Waals surface area contributed by atoms with Crippen molar-refractivity contribution in [2.75, 3.05) is 38.9 Å². The van der Waals surface area contributed by atoms with Crippen LogP contribution >= 0.6 is 23.5 Å². The molecule has 0 spiro atoms. The molecule has 3 aliphatic heterocycles. The van der Waals surface area contributed by atoms with Crippen molar-refractivity contribution in [1.82, 2.24) is 20.4 Å². The molecule has 52 heavy (non-hydrogen) atoms. The molecule has 0 saturated carbocycles. The van der Waals surface area contributed by atoms with Crippen LogP contribution in [-0.2, 0) is 38.4 Å². The van der Waals surface area contributed by atoms with Crippen LogP contribution in [0.15, 0.2) is 78.5 Å². The van der Waals surface area contributed by atoms with Crippen LogP contribution in [0.3, 0.4) is 0 Å². The zero-order valence-electron chi connectivity index (χ0n) is 27.1. The highest BCUT2D eigenvalue weighted by Gasteiger charge is 2.56. The summed E-state index contributed by atoms with van der Waals surface area (Å²) in [6, 6.07) is 2.45. The zero-order valence-corrected chi connectivity index (χ0v) is 28.7. The third kappa shape index (κ3) is 7.12. The van der Waals surface area contributed by atoms with Crippen LogP contribution in [-0.4, -0.2) is 139 Å². The van der Waals surface area contributed by atoms with Crippen LogP contribution < -0.4 is 10.6 Å². The Morgan fingerprint density at radius 2 is 1.46 bits per heavy atom. The lowest BCUT2D eigenvalue weighted by Crippen LogP contribution is -2.72. The average molecular weight is 763 g/mol. The number of amides is 4. The Bertz CT molecular complexity index is 1870. The average Bonchev–Trinajstić information content (AvgIpc) is 3.88.